The Balaban J connectivity index is 2.74. The lowest BCUT2D eigenvalue weighted by molar-refractivity contribution is 0.581. The summed E-state index contributed by atoms with van der Waals surface area (Å²) in [5, 5.41) is 0. The Morgan fingerprint density at radius 1 is 0.944 bits per heavy atom. The van der Waals surface area contributed by atoms with Crippen LogP contribution in [0, 0.1) is 18.3 Å². The van der Waals surface area contributed by atoms with Gasteiger partial charge in [0.15, 0.2) is 0 Å². The lowest BCUT2D eigenvalue weighted by atomic mass is 9.93. The highest BCUT2D eigenvalue weighted by atomic mass is 14.1. The molecule has 0 saturated carbocycles. The van der Waals surface area contributed by atoms with Crippen molar-refractivity contribution in [1.82, 2.24) is 0 Å². The summed E-state index contributed by atoms with van der Waals surface area (Å²) in [7, 11) is 0. The van der Waals surface area contributed by atoms with E-state index in [2.05, 4.69) is 59.2 Å². The summed E-state index contributed by atoms with van der Waals surface area (Å²) >= 11 is 0. The van der Waals surface area contributed by atoms with E-state index in [1.165, 1.54) is 42.4 Å². The minimum Gasteiger partial charge on any atom is -0.0628 e. The summed E-state index contributed by atoms with van der Waals surface area (Å²) in [6.07, 6.45) is 7.25. The van der Waals surface area contributed by atoms with Crippen molar-refractivity contribution in [2.45, 2.75) is 60.3 Å². The van der Waals surface area contributed by atoms with E-state index in [1.54, 1.807) is 0 Å². The van der Waals surface area contributed by atoms with Crippen molar-refractivity contribution in [3.63, 3.8) is 0 Å². The molecule has 0 aliphatic carbocycles. The van der Waals surface area contributed by atoms with Gasteiger partial charge >= 0.3 is 0 Å². The van der Waals surface area contributed by atoms with E-state index in [4.69, 9.17) is 0 Å². The van der Waals surface area contributed by atoms with Crippen LogP contribution in [0.5, 0.6) is 0 Å². The molecule has 1 aromatic rings. The smallest absolute Gasteiger partial charge is 0.0121 e. The van der Waals surface area contributed by atoms with E-state index >= 15 is 0 Å². The maximum Gasteiger partial charge on any atom is -0.0121 e. The molecule has 0 N–H and O–H groups in total. The molecule has 0 bridgehead atoms. The third-order valence-electron chi connectivity index (χ3n) is 3.52. The molecule has 0 saturated heterocycles. The molecule has 0 aliphatic rings. The summed E-state index contributed by atoms with van der Waals surface area (Å²) in [4.78, 5) is 0. The molecule has 0 aliphatic heterocycles. The molecule has 0 nitrogen and oxygen atoms in total. The van der Waals surface area contributed by atoms with Gasteiger partial charge in [0.25, 0.3) is 0 Å². The van der Waals surface area contributed by atoms with Crippen LogP contribution in [0.3, 0.4) is 0 Å². The molecule has 18 heavy (non-hydrogen) atoms. The predicted molar refractivity (Wildman–Crippen MR) is 81.8 cm³/mol. The van der Waals surface area contributed by atoms with Gasteiger partial charge in [-0.15, -0.1) is 0 Å². The molecule has 0 spiro atoms. The fourth-order valence-electron chi connectivity index (χ4n) is 2.21. The summed E-state index contributed by atoms with van der Waals surface area (Å²) < 4.78 is 0. The summed E-state index contributed by atoms with van der Waals surface area (Å²) in [5.74, 6) is 1.58. The first-order chi connectivity index (χ1) is 8.52. The molecule has 0 heteroatoms. The maximum absolute atomic E-state index is 2.43. The fraction of sp³-hybridized carbons (Fsp3) is 0.611. The fourth-order valence-corrected chi connectivity index (χ4v) is 2.21. The summed E-state index contributed by atoms with van der Waals surface area (Å²) in [5.41, 5.74) is 4.46. The van der Waals surface area contributed by atoms with Gasteiger partial charge in [0, 0.05) is 0 Å². The van der Waals surface area contributed by atoms with Gasteiger partial charge in [-0.3, -0.25) is 0 Å². The molecule has 1 radical (unpaired) electrons. The van der Waals surface area contributed by atoms with Gasteiger partial charge in [-0.05, 0) is 60.6 Å². The first-order valence-corrected chi connectivity index (χ1v) is 7.44. The number of aryl methyl sites for hydroxylation is 2. The molecule has 0 fully saturated rings. The average molecular weight is 245 g/mol. The molecular weight excluding hydrogens is 216 g/mol. The van der Waals surface area contributed by atoms with Crippen molar-refractivity contribution in [2.75, 3.05) is 0 Å². The summed E-state index contributed by atoms with van der Waals surface area (Å²) in [6.45, 7) is 11.3. The lowest BCUT2D eigenvalue weighted by Crippen LogP contribution is -1.99. The zero-order valence-electron chi connectivity index (χ0n) is 12.8. The van der Waals surface area contributed by atoms with Crippen molar-refractivity contribution in [3.05, 3.63) is 41.3 Å². The Bertz CT molecular complexity index is 347. The molecule has 0 aromatic heterocycles. The van der Waals surface area contributed by atoms with Crippen LogP contribution >= 0.6 is 0 Å². The molecule has 101 valence electrons. The van der Waals surface area contributed by atoms with Gasteiger partial charge in [-0.2, -0.15) is 0 Å². The van der Waals surface area contributed by atoms with Gasteiger partial charge in [-0.1, -0.05) is 52.8 Å². The first-order valence-electron chi connectivity index (χ1n) is 7.44. The molecule has 0 unspecified atom stereocenters. The van der Waals surface area contributed by atoms with Gasteiger partial charge in [-0.25, -0.2) is 0 Å². The zero-order valence-corrected chi connectivity index (χ0v) is 12.8. The monoisotopic (exact) mass is 245 g/mol. The van der Waals surface area contributed by atoms with Crippen LogP contribution in [0.25, 0.3) is 0 Å². The number of benzene rings is 1. The molecule has 1 rings (SSSR count). The highest BCUT2D eigenvalue weighted by molar-refractivity contribution is 5.36. The minimum absolute atomic E-state index is 0.786. The van der Waals surface area contributed by atoms with Crippen LogP contribution in [0.15, 0.2) is 18.2 Å². The Morgan fingerprint density at radius 3 is 2.11 bits per heavy atom. The van der Waals surface area contributed by atoms with Crippen molar-refractivity contribution < 1.29 is 0 Å². The largest absolute Gasteiger partial charge is 0.0628 e. The van der Waals surface area contributed by atoms with Crippen LogP contribution in [-0.4, -0.2) is 0 Å². The van der Waals surface area contributed by atoms with Gasteiger partial charge in [0.2, 0.25) is 0 Å². The number of hydrogen-bond acceptors (Lipinski definition) is 0. The van der Waals surface area contributed by atoms with E-state index < -0.39 is 0 Å². The van der Waals surface area contributed by atoms with Crippen LogP contribution in [0.4, 0.5) is 0 Å². The summed E-state index contributed by atoms with van der Waals surface area (Å²) in [6, 6.07) is 7.03. The second kappa shape index (κ2) is 7.61. The Hall–Kier alpha value is -0.780. The van der Waals surface area contributed by atoms with E-state index in [9.17, 15) is 0 Å². The van der Waals surface area contributed by atoms with Gasteiger partial charge in [0.1, 0.15) is 0 Å². The normalized spacial score (nSPS) is 11.5. The molecule has 1 aromatic carbocycles. The van der Waals surface area contributed by atoms with Crippen LogP contribution in [0.1, 0.15) is 64.2 Å². The number of hydrogen-bond donors (Lipinski definition) is 0. The number of rotatable bonds is 7. The van der Waals surface area contributed by atoms with Crippen LogP contribution in [-0.2, 0) is 12.8 Å². The van der Waals surface area contributed by atoms with E-state index in [-0.39, 0.29) is 0 Å². The third-order valence-corrected chi connectivity index (χ3v) is 3.52. The van der Waals surface area contributed by atoms with E-state index in [0.29, 0.717) is 0 Å². The lowest BCUT2D eigenvalue weighted by Gasteiger charge is -2.12. The third kappa shape index (κ3) is 5.25. The topological polar surface area (TPSA) is 0 Å². The van der Waals surface area contributed by atoms with Crippen molar-refractivity contribution in [3.8, 4) is 0 Å². The quantitative estimate of drug-likeness (QED) is 0.600. The Kier molecular flexibility index (Phi) is 6.46. The van der Waals surface area contributed by atoms with Crippen LogP contribution in [0.2, 0.25) is 0 Å². The standard InChI is InChI=1S/C18H29/c1-6-17-12-10-16(9-7-14(2)3)13-18(17)11-8-15(4)5/h6,10,12-15H,7-9,11H2,1-5H3. The van der Waals surface area contributed by atoms with Crippen LogP contribution < -0.4 is 0 Å². The van der Waals surface area contributed by atoms with E-state index in [0.717, 1.165) is 11.8 Å². The highest BCUT2D eigenvalue weighted by Gasteiger charge is 2.05. The molecule has 0 heterocycles. The van der Waals surface area contributed by atoms with Crippen molar-refractivity contribution >= 4 is 0 Å². The second-order valence-electron chi connectivity index (χ2n) is 6.19. The van der Waals surface area contributed by atoms with Gasteiger partial charge in [0.05, 0.1) is 0 Å². The Morgan fingerprint density at radius 2 is 1.56 bits per heavy atom. The average Bonchev–Trinajstić information content (AvgIpc) is 2.33. The molecule has 0 atom stereocenters. The molecule has 0 amide bonds. The Labute approximate surface area is 114 Å². The maximum atomic E-state index is 2.43. The zero-order chi connectivity index (χ0) is 13.5. The predicted octanol–water partition coefficient (Wildman–Crippen LogP) is 5.44. The molecular formula is C18H29. The van der Waals surface area contributed by atoms with Gasteiger partial charge < -0.3 is 0 Å². The highest BCUT2D eigenvalue weighted by Crippen LogP contribution is 2.19. The SMILES string of the molecule is C[CH]c1ccc(CCC(C)C)cc1CCC(C)C. The second-order valence-corrected chi connectivity index (χ2v) is 6.19. The van der Waals surface area contributed by atoms with Crippen molar-refractivity contribution in [2.24, 2.45) is 11.8 Å². The van der Waals surface area contributed by atoms with E-state index in [1.807, 2.05) is 0 Å². The first kappa shape index (κ1) is 15.3. The van der Waals surface area contributed by atoms with Crippen molar-refractivity contribution in [1.29, 1.82) is 0 Å². The minimum atomic E-state index is 0.786.